The molecule has 5 aromatic rings. The Hall–Kier alpha value is -4.44. The number of hydrogen-bond donors (Lipinski definition) is 0. The molecule has 210 valence electrons. The molecule has 0 saturated carbocycles. The van der Waals surface area contributed by atoms with Gasteiger partial charge in [0.2, 0.25) is 0 Å². The molecule has 3 aliphatic heterocycles. The number of hydrogen-bond acceptors (Lipinski definition) is 2. The minimum atomic E-state index is 0.00554. The SMILES string of the molecule is CN1c2cc(-n3c4c(c5ccccc53)C=CC=CC4)ccc2B2c3cccc4c3N(c3cccc1c32)C(C)(C)CC4(C)C. The molecule has 0 amide bonds. The Kier molecular flexibility index (Phi) is 4.87. The molecule has 9 rings (SSSR count). The van der Waals surface area contributed by atoms with Crippen molar-refractivity contribution < 1.29 is 0 Å². The highest BCUT2D eigenvalue weighted by molar-refractivity contribution is 7.00. The number of fused-ring (bicyclic) bond motifs is 7. The van der Waals surface area contributed by atoms with Gasteiger partial charge in [-0.2, -0.15) is 0 Å². The van der Waals surface area contributed by atoms with E-state index in [4.69, 9.17) is 0 Å². The zero-order valence-corrected chi connectivity index (χ0v) is 25.6. The molecule has 0 spiro atoms. The minimum absolute atomic E-state index is 0.00554. The molecular formula is C39H36BN3. The van der Waals surface area contributed by atoms with Gasteiger partial charge in [-0.05, 0) is 78.0 Å². The lowest BCUT2D eigenvalue weighted by molar-refractivity contribution is 0.326. The Morgan fingerprint density at radius 1 is 0.767 bits per heavy atom. The third-order valence-electron chi connectivity index (χ3n) is 10.5. The smallest absolute Gasteiger partial charge is 0.252 e. The van der Waals surface area contributed by atoms with Crippen molar-refractivity contribution in [1.29, 1.82) is 0 Å². The van der Waals surface area contributed by atoms with E-state index in [-0.39, 0.29) is 17.7 Å². The monoisotopic (exact) mass is 557 g/mol. The van der Waals surface area contributed by atoms with Crippen molar-refractivity contribution in [2.24, 2.45) is 0 Å². The fourth-order valence-electron chi connectivity index (χ4n) is 9.14. The number of aromatic nitrogens is 1. The highest BCUT2D eigenvalue weighted by atomic mass is 15.2. The third-order valence-corrected chi connectivity index (χ3v) is 10.5. The van der Waals surface area contributed by atoms with Crippen LogP contribution in [0.15, 0.2) is 97.1 Å². The molecule has 0 radical (unpaired) electrons. The van der Waals surface area contributed by atoms with Gasteiger partial charge in [-0.25, -0.2) is 0 Å². The minimum Gasteiger partial charge on any atom is -0.345 e. The maximum absolute atomic E-state index is 2.67. The average molecular weight is 558 g/mol. The first-order valence-corrected chi connectivity index (χ1v) is 15.7. The van der Waals surface area contributed by atoms with Gasteiger partial charge in [0.05, 0.1) is 5.52 Å². The molecule has 4 heteroatoms. The standard InChI is InChI=1S/C39H36BN3/c1-38(2)24-39(3,4)43-34-20-12-19-33-36(34)40(30-16-11-15-28(38)37(30)43)29-22-21-25(23-35(29)41(33)5)42-31-17-8-6-7-13-26(31)27-14-9-10-18-32(27)42/h6-16,18-23H,17,24H2,1-5H3. The van der Waals surface area contributed by atoms with E-state index >= 15 is 0 Å². The van der Waals surface area contributed by atoms with Crippen molar-refractivity contribution in [1.82, 2.24) is 4.57 Å². The summed E-state index contributed by atoms with van der Waals surface area (Å²) < 4.78 is 2.49. The Morgan fingerprint density at radius 2 is 1.58 bits per heavy atom. The Labute approximate surface area is 254 Å². The van der Waals surface area contributed by atoms with Gasteiger partial charge in [0, 0.05) is 64.1 Å². The lowest BCUT2D eigenvalue weighted by Gasteiger charge is -2.56. The van der Waals surface area contributed by atoms with Crippen LogP contribution >= 0.6 is 0 Å². The normalized spacial score (nSPS) is 18.2. The van der Waals surface area contributed by atoms with Crippen LogP contribution in [0.1, 0.15) is 50.9 Å². The zero-order valence-electron chi connectivity index (χ0n) is 25.6. The average Bonchev–Trinajstić information content (AvgIpc) is 3.11. The van der Waals surface area contributed by atoms with E-state index in [9.17, 15) is 0 Å². The summed E-state index contributed by atoms with van der Waals surface area (Å²) in [5.41, 5.74) is 16.4. The second-order valence-corrected chi connectivity index (χ2v) is 14.1. The van der Waals surface area contributed by atoms with E-state index in [2.05, 4.69) is 152 Å². The predicted octanol–water partition coefficient (Wildman–Crippen LogP) is 7.26. The van der Waals surface area contributed by atoms with Gasteiger partial charge in [-0.3, -0.25) is 0 Å². The highest BCUT2D eigenvalue weighted by Crippen LogP contribution is 2.51. The zero-order chi connectivity index (χ0) is 29.2. The van der Waals surface area contributed by atoms with Crippen LogP contribution in [0.5, 0.6) is 0 Å². The number of para-hydroxylation sites is 2. The van der Waals surface area contributed by atoms with Crippen molar-refractivity contribution in [3.63, 3.8) is 0 Å². The number of nitrogens with zero attached hydrogens (tertiary/aromatic N) is 3. The van der Waals surface area contributed by atoms with Gasteiger partial charge < -0.3 is 14.4 Å². The van der Waals surface area contributed by atoms with E-state index in [1.54, 1.807) is 0 Å². The van der Waals surface area contributed by atoms with Crippen molar-refractivity contribution in [3.8, 4) is 5.69 Å². The van der Waals surface area contributed by atoms with Crippen LogP contribution in [-0.4, -0.2) is 23.9 Å². The van der Waals surface area contributed by atoms with Gasteiger partial charge in [0.1, 0.15) is 0 Å². The van der Waals surface area contributed by atoms with Crippen LogP contribution in [0.2, 0.25) is 0 Å². The van der Waals surface area contributed by atoms with Crippen molar-refractivity contribution in [2.45, 2.75) is 51.5 Å². The number of allylic oxidation sites excluding steroid dienone is 3. The molecule has 43 heavy (non-hydrogen) atoms. The molecule has 4 aromatic carbocycles. The van der Waals surface area contributed by atoms with E-state index in [0.717, 1.165) is 12.8 Å². The summed E-state index contributed by atoms with van der Waals surface area (Å²) in [4.78, 5) is 5.11. The molecule has 0 bridgehead atoms. The van der Waals surface area contributed by atoms with Crippen molar-refractivity contribution in [3.05, 3.63) is 114 Å². The maximum Gasteiger partial charge on any atom is 0.252 e. The second-order valence-electron chi connectivity index (χ2n) is 14.1. The third kappa shape index (κ3) is 3.22. The Balaban J connectivity index is 1.31. The molecule has 1 aliphatic carbocycles. The fraction of sp³-hybridized carbons (Fsp3) is 0.231. The van der Waals surface area contributed by atoms with E-state index in [1.165, 1.54) is 72.5 Å². The van der Waals surface area contributed by atoms with Crippen molar-refractivity contribution in [2.75, 3.05) is 16.8 Å². The second kappa shape index (κ2) is 8.35. The molecule has 4 aliphatic rings. The molecular weight excluding hydrogens is 521 g/mol. The quantitative estimate of drug-likeness (QED) is 0.201. The first-order valence-electron chi connectivity index (χ1n) is 15.7. The van der Waals surface area contributed by atoms with Crippen LogP contribution in [0, 0.1) is 0 Å². The molecule has 0 N–H and O–H groups in total. The summed E-state index contributed by atoms with van der Waals surface area (Å²) in [5, 5.41) is 1.31. The topological polar surface area (TPSA) is 11.4 Å². The summed E-state index contributed by atoms with van der Waals surface area (Å²) in [5.74, 6) is 0. The molecule has 0 atom stereocenters. The summed E-state index contributed by atoms with van der Waals surface area (Å²) in [7, 11) is 2.25. The van der Waals surface area contributed by atoms with Crippen LogP contribution in [0.4, 0.5) is 22.7 Å². The Bertz CT molecular complexity index is 2070. The van der Waals surface area contributed by atoms with Gasteiger partial charge in [0.25, 0.3) is 6.71 Å². The summed E-state index contributed by atoms with van der Waals surface area (Å²) in [6.07, 6.45) is 10.9. The Morgan fingerprint density at radius 3 is 2.47 bits per heavy atom. The van der Waals surface area contributed by atoms with Gasteiger partial charge in [0.15, 0.2) is 0 Å². The first-order chi connectivity index (χ1) is 20.8. The number of anilines is 4. The number of rotatable bonds is 1. The largest absolute Gasteiger partial charge is 0.345 e. The highest BCUT2D eigenvalue weighted by Gasteiger charge is 2.50. The maximum atomic E-state index is 2.67. The molecule has 0 fully saturated rings. The molecule has 0 saturated heterocycles. The van der Waals surface area contributed by atoms with E-state index in [0.29, 0.717) is 0 Å². The lowest BCUT2D eigenvalue weighted by Crippen LogP contribution is -2.66. The molecule has 4 heterocycles. The fourth-order valence-corrected chi connectivity index (χ4v) is 9.14. The van der Waals surface area contributed by atoms with Crippen LogP contribution in [0.3, 0.4) is 0 Å². The summed E-state index contributed by atoms with van der Waals surface area (Å²) in [6.45, 7) is 9.91. The van der Waals surface area contributed by atoms with Crippen molar-refractivity contribution >= 4 is 62.8 Å². The predicted molar refractivity (Wildman–Crippen MR) is 185 cm³/mol. The van der Waals surface area contributed by atoms with Gasteiger partial charge in [-0.1, -0.05) is 86.7 Å². The van der Waals surface area contributed by atoms with Gasteiger partial charge >= 0.3 is 0 Å². The van der Waals surface area contributed by atoms with Gasteiger partial charge in [-0.15, -0.1) is 0 Å². The number of benzene rings is 4. The molecule has 3 nitrogen and oxygen atoms in total. The lowest BCUT2D eigenvalue weighted by atomic mass is 9.33. The molecule has 0 unspecified atom stereocenters. The first kappa shape index (κ1) is 25.1. The summed E-state index contributed by atoms with van der Waals surface area (Å²) in [6, 6.07) is 30.1. The van der Waals surface area contributed by atoms with E-state index in [1.807, 2.05) is 0 Å². The van der Waals surface area contributed by atoms with Crippen LogP contribution < -0.4 is 26.2 Å². The summed E-state index contributed by atoms with van der Waals surface area (Å²) >= 11 is 0. The van der Waals surface area contributed by atoms with E-state index < -0.39 is 0 Å². The van der Waals surface area contributed by atoms with Crippen LogP contribution in [0.25, 0.3) is 22.7 Å². The van der Waals surface area contributed by atoms with Crippen LogP contribution in [-0.2, 0) is 11.8 Å². The molecule has 1 aromatic heterocycles.